The van der Waals surface area contributed by atoms with Crippen LogP contribution in [0.25, 0.3) is 11.4 Å². The molecule has 1 aliphatic carbocycles. The summed E-state index contributed by atoms with van der Waals surface area (Å²) in [5.74, 6) is 0.231. The van der Waals surface area contributed by atoms with Crippen LogP contribution in [0.5, 0.6) is 0 Å². The second kappa shape index (κ2) is 7.80. The Hall–Kier alpha value is -2.59. The van der Waals surface area contributed by atoms with E-state index in [9.17, 15) is 4.79 Å². The zero-order chi connectivity index (χ0) is 19.6. The Morgan fingerprint density at radius 1 is 1.14 bits per heavy atom. The van der Waals surface area contributed by atoms with Crippen LogP contribution in [0.2, 0.25) is 5.02 Å². The van der Waals surface area contributed by atoms with Crippen LogP contribution < -0.4 is 0 Å². The van der Waals surface area contributed by atoms with Crippen molar-refractivity contribution in [1.82, 2.24) is 9.97 Å². The number of nitrogens with one attached hydrogen (secondary N) is 1. The van der Waals surface area contributed by atoms with Gasteiger partial charge in [0.15, 0.2) is 5.69 Å². The highest BCUT2D eigenvalue weighted by molar-refractivity contribution is 6.30. The van der Waals surface area contributed by atoms with Crippen LogP contribution in [0.4, 0.5) is 0 Å². The van der Waals surface area contributed by atoms with E-state index in [0.717, 1.165) is 31.2 Å². The predicted octanol–water partition coefficient (Wildman–Crippen LogP) is 5.71. The minimum Gasteiger partial charge on any atom is -0.460 e. The van der Waals surface area contributed by atoms with E-state index in [-0.39, 0.29) is 11.4 Å². The topological polar surface area (TPSA) is 55.0 Å². The van der Waals surface area contributed by atoms with Gasteiger partial charge in [0.05, 0.1) is 0 Å². The standard InChI is InChI=1S/C23H23ClN2O2/c1-16-20(26-21(25-16)17-8-7-11-19(24)14-17)22(27)28-15-23(12-5-6-13-23)18-9-3-2-4-10-18/h2-4,7-11,14H,5-6,12-13,15H2,1H3,(H,25,26). The van der Waals surface area contributed by atoms with Gasteiger partial charge in [0.1, 0.15) is 12.4 Å². The number of halogens is 1. The molecule has 1 saturated carbocycles. The molecule has 0 bridgehead atoms. The molecule has 1 aliphatic rings. The molecule has 1 aromatic heterocycles. The highest BCUT2D eigenvalue weighted by atomic mass is 35.5. The highest BCUT2D eigenvalue weighted by Crippen LogP contribution is 2.41. The van der Waals surface area contributed by atoms with Gasteiger partial charge in [-0.15, -0.1) is 0 Å². The lowest BCUT2D eigenvalue weighted by Crippen LogP contribution is -2.30. The lowest BCUT2D eigenvalue weighted by molar-refractivity contribution is 0.0395. The van der Waals surface area contributed by atoms with E-state index >= 15 is 0 Å². The number of carbonyl (C=O) groups is 1. The minimum atomic E-state index is -0.385. The van der Waals surface area contributed by atoms with E-state index in [2.05, 4.69) is 22.1 Å². The van der Waals surface area contributed by atoms with Crippen molar-refractivity contribution in [3.8, 4) is 11.4 Å². The molecule has 1 N–H and O–H groups in total. The molecule has 4 rings (SSSR count). The van der Waals surface area contributed by atoms with E-state index < -0.39 is 0 Å². The first-order valence-corrected chi connectivity index (χ1v) is 10.0. The molecule has 1 fully saturated rings. The fourth-order valence-corrected chi connectivity index (χ4v) is 4.25. The molecule has 0 radical (unpaired) electrons. The molecule has 0 unspecified atom stereocenters. The second-order valence-electron chi connectivity index (χ2n) is 7.50. The molecule has 0 spiro atoms. The Morgan fingerprint density at radius 2 is 1.89 bits per heavy atom. The number of nitrogens with zero attached hydrogens (tertiary/aromatic N) is 1. The van der Waals surface area contributed by atoms with Gasteiger partial charge in [0.2, 0.25) is 0 Å². The fourth-order valence-electron chi connectivity index (χ4n) is 4.06. The fraction of sp³-hybridized carbons (Fsp3) is 0.304. The van der Waals surface area contributed by atoms with E-state index in [0.29, 0.717) is 28.8 Å². The quantitative estimate of drug-likeness (QED) is 0.564. The highest BCUT2D eigenvalue weighted by Gasteiger charge is 2.37. The summed E-state index contributed by atoms with van der Waals surface area (Å²) in [5.41, 5.74) is 3.03. The van der Waals surface area contributed by atoms with E-state index in [1.165, 1.54) is 5.56 Å². The van der Waals surface area contributed by atoms with Crippen LogP contribution in [0.3, 0.4) is 0 Å². The second-order valence-corrected chi connectivity index (χ2v) is 7.94. The van der Waals surface area contributed by atoms with Gasteiger partial charge in [0.25, 0.3) is 0 Å². The van der Waals surface area contributed by atoms with E-state index in [1.54, 1.807) is 6.07 Å². The van der Waals surface area contributed by atoms with Crippen LogP contribution in [-0.2, 0) is 10.2 Å². The molecular weight excluding hydrogens is 372 g/mol. The van der Waals surface area contributed by atoms with Gasteiger partial charge in [-0.1, -0.05) is 66.9 Å². The van der Waals surface area contributed by atoms with Crippen molar-refractivity contribution in [3.63, 3.8) is 0 Å². The number of hydrogen-bond donors (Lipinski definition) is 1. The number of hydrogen-bond acceptors (Lipinski definition) is 3. The van der Waals surface area contributed by atoms with Crippen molar-refractivity contribution < 1.29 is 9.53 Å². The Kier molecular flexibility index (Phi) is 5.23. The summed E-state index contributed by atoms with van der Waals surface area (Å²) < 4.78 is 5.78. The van der Waals surface area contributed by atoms with Crippen LogP contribution in [0.1, 0.15) is 47.4 Å². The number of aromatic nitrogens is 2. The number of H-pyrrole nitrogens is 1. The number of imidazole rings is 1. The summed E-state index contributed by atoms with van der Waals surface area (Å²) in [4.78, 5) is 20.4. The molecule has 3 aromatic rings. The third-order valence-corrected chi connectivity index (χ3v) is 5.84. The van der Waals surface area contributed by atoms with E-state index in [1.807, 2.05) is 43.3 Å². The molecular formula is C23H23ClN2O2. The Balaban J connectivity index is 1.52. The molecule has 1 heterocycles. The van der Waals surface area contributed by atoms with Gasteiger partial charge >= 0.3 is 5.97 Å². The monoisotopic (exact) mass is 394 g/mol. The van der Waals surface area contributed by atoms with Crippen molar-refractivity contribution >= 4 is 17.6 Å². The number of benzene rings is 2. The van der Waals surface area contributed by atoms with Crippen LogP contribution in [0, 0.1) is 6.92 Å². The maximum absolute atomic E-state index is 12.8. The van der Waals surface area contributed by atoms with Crippen LogP contribution in [0.15, 0.2) is 54.6 Å². The minimum absolute atomic E-state index is 0.0864. The number of aromatic amines is 1. The number of ether oxygens (including phenoxy) is 1. The summed E-state index contributed by atoms with van der Waals surface area (Å²) in [6, 6.07) is 17.8. The molecule has 0 aliphatic heterocycles. The summed E-state index contributed by atoms with van der Waals surface area (Å²) in [6.45, 7) is 2.22. The Labute approximate surface area is 169 Å². The summed E-state index contributed by atoms with van der Waals surface area (Å²) in [7, 11) is 0. The van der Waals surface area contributed by atoms with Crippen LogP contribution in [-0.4, -0.2) is 22.5 Å². The zero-order valence-corrected chi connectivity index (χ0v) is 16.6. The first kappa shape index (κ1) is 18.8. The Bertz CT molecular complexity index is 975. The number of esters is 1. The van der Waals surface area contributed by atoms with Crippen molar-refractivity contribution in [2.75, 3.05) is 6.61 Å². The van der Waals surface area contributed by atoms with E-state index in [4.69, 9.17) is 16.3 Å². The van der Waals surface area contributed by atoms with Gasteiger partial charge in [-0.3, -0.25) is 0 Å². The molecule has 5 heteroatoms. The van der Waals surface area contributed by atoms with Crippen LogP contribution >= 0.6 is 11.6 Å². The van der Waals surface area contributed by atoms with Gasteiger partial charge < -0.3 is 9.72 Å². The SMILES string of the molecule is Cc1[nH]c(-c2cccc(Cl)c2)nc1C(=O)OCC1(c2ccccc2)CCCC1. The lowest BCUT2D eigenvalue weighted by atomic mass is 9.80. The summed E-state index contributed by atoms with van der Waals surface area (Å²) >= 11 is 6.07. The molecule has 0 amide bonds. The van der Waals surface area contributed by atoms with Gasteiger partial charge in [-0.05, 0) is 37.5 Å². The maximum Gasteiger partial charge on any atom is 0.358 e. The average Bonchev–Trinajstić information content (AvgIpc) is 3.35. The van der Waals surface area contributed by atoms with Crippen molar-refractivity contribution in [2.45, 2.75) is 38.0 Å². The third-order valence-electron chi connectivity index (χ3n) is 5.60. The molecule has 4 nitrogen and oxygen atoms in total. The molecule has 0 saturated heterocycles. The van der Waals surface area contributed by atoms with Crippen molar-refractivity contribution in [3.05, 3.63) is 76.6 Å². The predicted molar refractivity (Wildman–Crippen MR) is 111 cm³/mol. The average molecular weight is 395 g/mol. The molecule has 144 valence electrons. The summed E-state index contributed by atoms with van der Waals surface area (Å²) in [6.07, 6.45) is 4.40. The third kappa shape index (κ3) is 3.69. The van der Waals surface area contributed by atoms with Gasteiger partial charge in [-0.2, -0.15) is 0 Å². The lowest BCUT2D eigenvalue weighted by Gasteiger charge is -2.29. The first-order valence-electron chi connectivity index (χ1n) is 9.63. The first-order chi connectivity index (χ1) is 13.6. The molecule has 0 atom stereocenters. The van der Waals surface area contributed by atoms with Crippen molar-refractivity contribution in [2.24, 2.45) is 0 Å². The maximum atomic E-state index is 12.8. The van der Waals surface area contributed by atoms with Gasteiger partial charge in [-0.25, -0.2) is 9.78 Å². The largest absolute Gasteiger partial charge is 0.460 e. The Morgan fingerprint density at radius 3 is 2.61 bits per heavy atom. The molecule has 2 aromatic carbocycles. The van der Waals surface area contributed by atoms with Crippen molar-refractivity contribution in [1.29, 1.82) is 0 Å². The normalized spacial score (nSPS) is 15.5. The number of aryl methyl sites for hydroxylation is 1. The number of rotatable bonds is 5. The van der Waals surface area contributed by atoms with Gasteiger partial charge in [0, 0.05) is 21.7 Å². The zero-order valence-electron chi connectivity index (χ0n) is 15.9. The molecule has 28 heavy (non-hydrogen) atoms. The smallest absolute Gasteiger partial charge is 0.358 e. The number of carbonyl (C=O) groups excluding carboxylic acids is 1. The summed E-state index contributed by atoms with van der Waals surface area (Å²) in [5, 5.41) is 0.627.